The summed E-state index contributed by atoms with van der Waals surface area (Å²) < 4.78 is 5.18. The fourth-order valence-electron chi connectivity index (χ4n) is 2.36. The second-order valence-corrected chi connectivity index (χ2v) is 5.85. The smallest absolute Gasteiger partial charge is 0.338 e. The first-order chi connectivity index (χ1) is 11.2. The SMILES string of the molecule is CCCCCCCCC/C=C/CCOC(=O)c1ccc(O)cc1. The van der Waals surface area contributed by atoms with Crippen molar-refractivity contribution in [2.45, 2.75) is 64.7 Å². The minimum atomic E-state index is -0.342. The molecule has 3 nitrogen and oxygen atoms in total. The van der Waals surface area contributed by atoms with Gasteiger partial charge in [-0.3, -0.25) is 0 Å². The normalized spacial score (nSPS) is 11.0. The summed E-state index contributed by atoms with van der Waals surface area (Å²) in [5.74, 6) is -0.194. The van der Waals surface area contributed by atoms with E-state index in [-0.39, 0.29) is 11.7 Å². The van der Waals surface area contributed by atoms with Gasteiger partial charge in [-0.25, -0.2) is 4.79 Å². The summed E-state index contributed by atoms with van der Waals surface area (Å²) in [7, 11) is 0. The van der Waals surface area contributed by atoms with E-state index in [0.29, 0.717) is 12.2 Å². The summed E-state index contributed by atoms with van der Waals surface area (Å²) in [6, 6.07) is 6.10. The molecule has 23 heavy (non-hydrogen) atoms. The third-order valence-corrected chi connectivity index (χ3v) is 3.76. The molecule has 0 fully saturated rings. The van der Waals surface area contributed by atoms with E-state index in [1.54, 1.807) is 12.1 Å². The van der Waals surface area contributed by atoms with Crippen LogP contribution in [0.1, 0.15) is 75.1 Å². The summed E-state index contributed by atoms with van der Waals surface area (Å²) in [5, 5.41) is 9.17. The van der Waals surface area contributed by atoms with E-state index in [0.717, 1.165) is 12.8 Å². The number of carbonyl (C=O) groups is 1. The Balaban J connectivity index is 1.98. The highest BCUT2D eigenvalue weighted by Gasteiger charge is 2.05. The molecule has 0 amide bonds. The lowest BCUT2D eigenvalue weighted by molar-refractivity contribution is 0.0511. The van der Waals surface area contributed by atoms with Crippen LogP contribution in [0.4, 0.5) is 0 Å². The van der Waals surface area contributed by atoms with Gasteiger partial charge in [0.1, 0.15) is 5.75 Å². The summed E-state index contributed by atoms with van der Waals surface area (Å²) in [6.07, 6.45) is 15.4. The summed E-state index contributed by atoms with van der Waals surface area (Å²) in [6.45, 7) is 2.64. The second kappa shape index (κ2) is 12.7. The zero-order chi connectivity index (χ0) is 16.8. The number of benzene rings is 1. The Morgan fingerprint density at radius 2 is 1.57 bits per heavy atom. The molecule has 1 N–H and O–H groups in total. The van der Waals surface area contributed by atoms with Crippen molar-refractivity contribution in [1.82, 2.24) is 0 Å². The minimum absolute atomic E-state index is 0.148. The highest BCUT2D eigenvalue weighted by atomic mass is 16.5. The second-order valence-electron chi connectivity index (χ2n) is 5.85. The fourth-order valence-corrected chi connectivity index (χ4v) is 2.36. The highest BCUT2D eigenvalue weighted by Crippen LogP contribution is 2.11. The lowest BCUT2D eigenvalue weighted by Gasteiger charge is -2.03. The largest absolute Gasteiger partial charge is 0.508 e. The van der Waals surface area contributed by atoms with Crippen LogP contribution < -0.4 is 0 Å². The number of rotatable bonds is 12. The maximum atomic E-state index is 11.7. The molecular weight excluding hydrogens is 288 g/mol. The molecule has 0 spiro atoms. The number of carbonyl (C=O) groups excluding carboxylic acids is 1. The molecule has 0 bridgehead atoms. The van der Waals surface area contributed by atoms with Crippen LogP contribution in [0.3, 0.4) is 0 Å². The number of hydrogen-bond donors (Lipinski definition) is 1. The van der Waals surface area contributed by atoms with Crippen molar-refractivity contribution in [1.29, 1.82) is 0 Å². The van der Waals surface area contributed by atoms with Gasteiger partial charge in [0.15, 0.2) is 0 Å². The number of allylic oxidation sites excluding steroid dienone is 1. The average molecular weight is 318 g/mol. The van der Waals surface area contributed by atoms with E-state index >= 15 is 0 Å². The van der Waals surface area contributed by atoms with Crippen LogP contribution in [0.2, 0.25) is 0 Å². The van der Waals surface area contributed by atoms with E-state index in [2.05, 4.69) is 19.1 Å². The minimum Gasteiger partial charge on any atom is -0.508 e. The van der Waals surface area contributed by atoms with Crippen LogP contribution in [0.5, 0.6) is 5.75 Å². The molecule has 128 valence electrons. The number of hydrogen-bond acceptors (Lipinski definition) is 3. The molecule has 0 unspecified atom stereocenters. The first-order valence-corrected chi connectivity index (χ1v) is 8.85. The third kappa shape index (κ3) is 9.77. The van der Waals surface area contributed by atoms with Crippen LogP contribution in [0.15, 0.2) is 36.4 Å². The molecule has 0 aromatic heterocycles. The van der Waals surface area contributed by atoms with E-state index < -0.39 is 0 Å². The molecule has 0 radical (unpaired) electrons. The van der Waals surface area contributed by atoms with Crippen molar-refractivity contribution in [3.63, 3.8) is 0 Å². The lowest BCUT2D eigenvalue weighted by atomic mass is 10.1. The Morgan fingerprint density at radius 3 is 2.26 bits per heavy atom. The standard InChI is InChI=1S/C20H30O3/c1-2-3-4-5-6-7-8-9-10-11-12-17-23-20(22)18-13-15-19(21)16-14-18/h10-11,13-16,21H,2-9,12,17H2,1H3/b11-10+. The van der Waals surface area contributed by atoms with Crippen LogP contribution in [0.25, 0.3) is 0 Å². The first-order valence-electron chi connectivity index (χ1n) is 8.85. The molecule has 0 saturated carbocycles. The van der Waals surface area contributed by atoms with E-state index in [4.69, 9.17) is 9.84 Å². The molecule has 0 aliphatic rings. The van der Waals surface area contributed by atoms with Crippen LogP contribution in [-0.2, 0) is 4.74 Å². The molecular formula is C20H30O3. The number of aromatic hydroxyl groups is 1. The van der Waals surface area contributed by atoms with Crippen LogP contribution in [0, 0.1) is 0 Å². The average Bonchev–Trinajstić information content (AvgIpc) is 2.56. The van der Waals surface area contributed by atoms with Gasteiger partial charge < -0.3 is 9.84 Å². The Labute approximate surface area is 140 Å². The van der Waals surface area contributed by atoms with Crippen LogP contribution in [-0.4, -0.2) is 17.7 Å². The molecule has 0 aliphatic carbocycles. The fraction of sp³-hybridized carbons (Fsp3) is 0.550. The first kappa shape index (κ1) is 19.3. The number of esters is 1. The zero-order valence-corrected chi connectivity index (χ0v) is 14.3. The van der Waals surface area contributed by atoms with Gasteiger partial charge in [-0.1, -0.05) is 57.6 Å². The van der Waals surface area contributed by atoms with Gasteiger partial charge in [-0.05, 0) is 43.5 Å². The zero-order valence-electron chi connectivity index (χ0n) is 14.3. The van der Waals surface area contributed by atoms with Crippen molar-refractivity contribution in [2.75, 3.05) is 6.61 Å². The summed E-state index contributed by atoms with van der Waals surface area (Å²) in [5.41, 5.74) is 0.467. The van der Waals surface area contributed by atoms with Crippen molar-refractivity contribution in [2.24, 2.45) is 0 Å². The van der Waals surface area contributed by atoms with Crippen molar-refractivity contribution in [3.8, 4) is 5.75 Å². The molecule has 0 saturated heterocycles. The summed E-state index contributed by atoms with van der Waals surface area (Å²) >= 11 is 0. The van der Waals surface area contributed by atoms with Gasteiger partial charge in [-0.15, -0.1) is 0 Å². The van der Waals surface area contributed by atoms with Gasteiger partial charge in [-0.2, -0.15) is 0 Å². The lowest BCUT2D eigenvalue weighted by Crippen LogP contribution is -2.05. The quantitative estimate of drug-likeness (QED) is 0.308. The molecule has 0 heterocycles. The topological polar surface area (TPSA) is 46.5 Å². The molecule has 0 atom stereocenters. The molecule has 0 aliphatic heterocycles. The Kier molecular flexibility index (Phi) is 10.7. The number of unbranched alkanes of at least 4 members (excludes halogenated alkanes) is 7. The number of phenols is 1. The van der Waals surface area contributed by atoms with Gasteiger partial charge in [0.2, 0.25) is 0 Å². The van der Waals surface area contributed by atoms with E-state index in [9.17, 15) is 4.79 Å². The predicted octanol–water partition coefficient (Wildman–Crippen LogP) is 5.64. The maximum Gasteiger partial charge on any atom is 0.338 e. The highest BCUT2D eigenvalue weighted by molar-refractivity contribution is 5.89. The number of ether oxygens (including phenoxy) is 1. The maximum absolute atomic E-state index is 11.7. The Morgan fingerprint density at radius 1 is 0.957 bits per heavy atom. The Bertz CT molecular complexity index is 448. The number of phenolic OH excluding ortho intramolecular Hbond substituents is 1. The predicted molar refractivity (Wildman–Crippen MR) is 94.8 cm³/mol. The van der Waals surface area contributed by atoms with Gasteiger partial charge in [0.25, 0.3) is 0 Å². The molecule has 1 rings (SSSR count). The Hall–Kier alpha value is -1.77. The molecule has 1 aromatic carbocycles. The summed E-state index contributed by atoms with van der Waals surface area (Å²) in [4.78, 5) is 11.7. The van der Waals surface area contributed by atoms with Crippen molar-refractivity contribution < 1.29 is 14.6 Å². The van der Waals surface area contributed by atoms with Gasteiger partial charge in [0, 0.05) is 0 Å². The van der Waals surface area contributed by atoms with Crippen molar-refractivity contribution in [3.05, 3.63) is 42.0 Å². The van der Waals surface area contributed by atoms with Gasteiger partial charge >= 0.3 is 5.97 Å². The monoisotopic (exact) mass is 318 g/mol. The van der Waals surface area contributed by atoms with E-state index in [1.165, 1.54) is 57.1 Å². The molecule has 1 aromatic rings. The molecule has 3 heteroatoms. The van der Waals surface area contributed by atoms with Crippen LogP contribution >= 0.6 is 0 Å². The van der Waals surface area contributed by atoms with E-state index in [1.807, 2.05) is 0 Å². The third-order valence-electron chi connectivity index (χ3n) is 3.76. The van der Waals surface area contributed by atoms with Gasteiger partial charge in [0.05, 0.1) is 12.2 Å². The van der Waals surface area contributed by atoms with Crippen molar-refractivity contribution >= 4 is 5.97 Å².